The predicted octanol–water partition coefficient (Wildman–Crippen LogP) is 3.71. The van der Waals surface area contributed by atoms with Gasteiger partial charge in [0.1, 0.15) is 5.75 Å². The van der Waals surface area contributed by atoms with Gasteiger partial charge in [0, 0.05) is 24.8 Å². The van der Waals surface area contributed by atoms with Crippen LogP contribution in [0.2, 0.25) is 0 Å². The van der Waals surface area contributed by atoms with Crippen LogP contribution >= 0.6 is 0 Å². The summed E-state index contributed by atoms with van der Waals surface area (Å²) in [5.74, 6) is -0.504. The van der Waals surface area contributed by atoms with Crippen molar-refractivity contribution in [2.75, 3.05) is 23.7 Å². The second-order valence-electron chi connectivity index (χ2n) is 8.86. The summed E-state index contributed by atoms with van der Waals surface area (Å²) in [6.07, 6.45) is 1.92. The average Bonchev–Trinajstić information content (AvgIpc) is 2.83. The van der Waals surface area contributed by atoms with Crippen LogP contribution < -0.4 is 15.4 Å². The maximum atomic E-state index is 13.6. The fraction of sp³-hybridized carbons (Fsp3) is 0.440. The molecule has 2 heterocycles. The van der Waals surface area contributed by atoms with E-state index in [0.717, 1.165) is 17.7 Å². The minimum absolute atomic E-state index is 0.118. The number of benzene rings is 2. The standard InChI is InChI=1S/C25H31N3O5S/c1-4-17-8-6-10-19(13-17)26-24(29)18-9-7-11-28(15-18)34(31,32)23-14-22-20(12-16(23)3)27-25(30)21(5-2)33-22/h6,8,10,12-14,18,21H,4-5,7,9,11,15H2,1-3H3,(H,26,29)(H,27,30)/t18-,21+/m0/s1. The van der Waals surface area contributed by atoms with E-state index in [4.69, 9.17) is 4.74 Å². The molecule has 2 aliphatic heterocycles. The van der Waals surface area contributed by atoms with Crippen molar-refractivity contribution in [2.45, 2.75) is 57.5 Å². The fourth-order valence-corrected chi connectivity index (χ4v) is 6.20. The van der Waals surface area contributed by atoms with Crippen LogP contribution in [0.4, 0.5) is 11.4 Å². The Bertz CT molecular complexity index is 1210. The number of nitrogens with zero attached hydrogens (tertiary/aromatic N) is 1. The first kappa shape index (κ1) is 24.2. The van der Waals surface area contributed by atoms with Gasteiger partial charge >= 0.3 is 0 Å². The molecule has 0 bridgehead atoms. The lowest BCUT2D eigenvalue weighted by Crippen LogP contribution is -2.44. The van der Waals surface area contributed by atoms with Crippen molar-refractivity contribution in [2.24, 2.45) is 5.92 Å². The molecule has 0 radical (unpaired) electrons. The lowest BCUT2D eigenvalue weighted by Gasteiger charge is -2.32. The second-order valence-corrected chi connectivity index (χ2v) is 10.8. The minimum atomic E-state index is -3.85. The van der Waals surface area contributed by atoms with E-state index < -0.39 is 22.0 Å². The molecular weight excluding hydrogens is 454 g/mol. The van der Waals surface area contributed by atoms with Crippen LogP contribution in [0.15, 0.2) is 41.3 Å². The number of ether oxygens (including phenoxy) is 1. The number of hydrogen-bond acceptors (Lipinski definition) is 5. The highest BCUT2D eigenvalue weighted by Crippen LogP contribution is 2.36. The molecule has 8 nitrogen and oxygen atoms in total. The molecule has 182 valence electrons. The normalized spacial score (nSPS) is 20.7. The Morgan fingerprint density at radius 3 is 2.76 bits per heavy atom. The second kappa shape index (κ2) is 9.76. The fourth-order valence-electron chi connectivity index (χ4n) is 4.46. The Kier molecular flexibility index (Phi) is 6.95. The van der Waals surface area contributed by atoms with E-state index in [2.05, 4.69) is 17.6 Å². The third-order valence-electron chi connectivity index (χ3n) is 6.44. The maximum Gasteiger partial charge on any atom is 0.265 e. The summed E-state index contributed by atoms with van der Waals surface area (Å²) in [6.45, 7) is 6.05. The van der Waals surface area contributed by atoms with Crippen molar-refractivity contribution < 1.29 is 22.7 Å². The van der Waals surface area contributed by atoms with E-state index in [1.165, 1.54) is 10.4 Å². The molecule has 2 aliphatic rings. The molecule has 2 aromatic carbocycles. The van der Waals surface area contributed by atoms with Gasteiger partial charge in [-0.2, -0.15) is 4.31 Å². The molecule has 0 saturated carbocycles. The van der Waals surface area contributed by atoms with Crippen LogP contribution in [0.1, 0.15) is 44.2 Å². The third-order valence-corrected chi connectivity index (χ3v) is 8.45. The van der Waals surface area contributed by atoms with Gasteiger partial charge in [-0.3, -0.25) is 9.59 Å². The molecule has 0 spiro atoms. The van der Waals surface area contributed by atoms with E-state index in [-0.39, 0.29) is 23.3 Å². The highest BCUT2D eigenvalue weighted by Gasteiger charge is 2.36. The Balaban J connectivity index is 1.53. The summed E-state index contributed by atoms with van der Waals surface area (Å²) in [5, 5.41) is 5.73. The van der Waals surface area contributed by atoms with Crippen molar-refractivity contribution in [3.8, 4) is 5.75 Å². The minimum Gasteiger partial charge on any atom is -0.478 e. The number of nitrogens with one attached hydrogen (secondary N) is 2. The number of rotatable bonds is 6. The molecule has 34 heavy (non-hydrogen) atoms. The van der Waals surface area contributed by atoms with E-state index in [1.807, 2.05) is 31.2 Å². The molecule has 2 amide bonds. The van der Waals surface area contributed by atoms with Crippen molar-refractivity contribution in [3.63, 3.8) is 0 Å². The Labute approximate surface area is 200 Å². The highest BCUT2D eigenvalue weighted by atomic mass is 32.2. The quantitative estimate of drug-likeness (QED) is 0.649. The van der Waals surface area contributed by atoms with Crippen LogP contribution in [-0.2, 0) is 26.0 Å². The van der Waals surface area contributed by atoms with Gasteiger partial charge in [0.15, 0.2) is 6.10 Å². The topological polar surface area (TPSA) is 105 Å². The molecule has 9 heteroatoms. The van der Waals surface area contributed by atoms with Crippen LogP contribution in [0.5, 0.6) is 5.75 Å². The van der Waals surface area contributed by atoms with Gasteiger partial charge in [0.05, 0.1) is 16.5 Å². The van der Waals surface area contributed by atoms with E-state index in [9.17, 15) is 18.0 Å². The summed E-state index contributed by atoms with van der Waals surface area (Å²) in [4.78, 5) is 25.2. The molecule has 1 fully saturated rings. The number of anilines is 2. The van der Waals surface area contributed by atoms with E-state index >= 15 is 0 Å². The molecule has 1 saturated heterocycles. The molecule has 4 rings (SSSR count). The summed E-state index contributed by atoms with van der Waals surface area (Å²) in [7, 11) is -3.85. The zero-order valence-corrected chi connectivity index (χ0v) is 20.6. The molecular formula is C25H31N3O5S. The number of carbonyl (C=O) groups excluding carboxylic acids is 2. The van der Waals surface area contributed by atoms with Gasteiger partial charge < -0.3 is 15.4 Å². The molecule has 2 N–H and O–H groups in total. The summed E-state index contributed by atoms with van der Waals surface area (Å²) >= 11 is 0. The van der Waals surface area contributed by atoms with Crippen LogP contribution in [0.25, 0.3) is 0 Å². The lowest BCUT2D eigenvalue weighted by atomic mass is 9.98. The highest BCUT2D eigenvalue weighted by molar-refractivity contribution is 7.89. The zero-order valence-electron chi connectivity index (χ0n) is 19.8. The largest absolute Gasteiger partial charge is 0.478 e. The number of piperidine rings is 1. The number of carbonyl (C=O) groups is 2. The molecule has 0 aromatic heterocycles. The van der Waals surface area contributed by atoms with Gasteiger partial charge in [-0.15, -0.1) is 0 Å². The Morgan fingerprint density at radius 1 is 1.24 bits per heavy atom. The van der Waals surface area contributed by atoms with E-state index in [1.54, 1.807) is 13.0 Å². The van der Waals surface area contributed by atoms with Crippen molar-refractivity contribution in [3.05, 3.63) is 47.5 Å². The van der Waals surface area contributed by atoms with Crippen LogP contribution in [0, 0.1) is 12.8 Å². The molecule has 0 aliphatic carbocycles. The number of fused-ring (bicyclic) bond motifs is 1. The van der Waals surface area contributed by atoms with Crippen molar-refractivity contribution in [1.29, 1.82) is 0 Å². The molecule has 0 unspecified atom stereocenters. The van der Waals surface area contributed by atoms with Crippen molar-refractivity contribution >= 4 is 33.2 Å². The molecule has 2 aromatic rings. The number of hydrogen-bond donors (Lipinski definition) is 2. The zero-order chi connectivity index (χ0) is 24.5. The van der Waals surface area contributed by atoms with Gasteiger partial charge in [0.25, 0.3) is 5.91 Å². The lowest BCUT2D eigenvalue weighted by molar-refractivity contribution is -0.123. The number of amides is 2. The number of sulfonamides is 1. The first-order valence-electron chi connectivity index (χ1n) is 11.7. The smallest absolute Gasteiger partial charge is 0.265 e. The SMILES string of the molecule is CCc1cccc(NC(=O)[C@H]2CCCN(S(=O)(=O)c3cc4c(cc3C)NC(=O)[C@@H](CC)O4)C2)c1. The van der Waals surface area contributed by atoms with E-state index in [0.29, 0.717) is 42.8 Å². The summed E-state index contributed by atoms with van der Waals surface area (Å²) in [5.41, 5.74) is 2.83. The monoisotopic (exact) mass is 485 g/mol. The maximum absolute atomic E-state index is 13.6. The molecule has 2 atom stereocenters. The number of aryl methyl sites for hydroxylation is 2. The first-order chi connectivity index (χ1) is 16.2. The first-order valence-corrected chi connectivity index (χ1v) is 13.2. The van der Waals surface area contributed by atoms with Gasteiger partial charge in [-0.1, -0.05) is 26.0 Å². The summed E-state index contributed by atoms with van der Waals surface area (Å²) in [6, 6.07) is 10.8. The van der Waals surface area contributed by atoms with Gasteiger partial charge in [0.2, 0.25) is 15.9 Å². The summed E-state index contributed by atoms with van der Waals surface area (Å²) < 4.78 is 34.3. The van der Waals surface area contributed by atoms with Crippen LogP contribution in [-0.4, -0.2) is 43.7 Å². The third kappa shape index (κ3) is 4.81. The Morgan fingerprint density at radius 2 is 2.03 bits per heavy atom. The average molecular weight is 486 g/mol. The van der Waals surface area contributed by atoms with Gasteiger partial charge in [-0.25, -0.2) is 8.42 Å². The van der Waals surface area contributed by atoms with Crippen LogP contribution in [0.3, 0.4) is 0 Å². The van der Waals surface area contributed by atoms with Gasteiger partial charge in [-0.05, 0) is 61.9 Å². The predicted molar refractivity (Wildman–Crippen MR) is 130 cm³/mol. The van der Waals surface area contributed by atoms with Crippen molar-refractivity contribution in [1.82, 2.24) is 4.31 Å². The Hall–Kier alpha value is -2.91.